The van der Waals surface area contributed by atoms with Crippen molar-refractivity contribution in [2.24, 2.45) is 10.8 Å². The molecule has 1 heterocycles. The summed E-state index contributed by atoms with van der Waals surface area (Å²) in [5.41, 5.74) is 2.79. The van der Waals surface area contributed by atoms with Crippen molar-refractivity contribution >= 4 is 34.8 Å². The molecule has 0 unspecified atom stereocenters. The van der Waals surface area contributed by atoms with Crippen LogP contribution in [0.2, 0.25) is 5.02 Å². The van der Waals surface area contributed by atoms with Gasteiger partial charge in [-0.3, -0.25) is 14.4 Å². The highest BCUT2D eigenvalue weighted by atomic mass is 35.5. The molecule has 1 amide bonds. The minimum atomic E-state index is -0.663. The fraction of sp³-hybridized carbons (Fsp3) is 0.406. The van der Waals surface area contributed by atoms with Crippen molar-refractivity contribution in [2.75, 3.05) is 11.9 Å². The molecule has 7 heteroatoms. The van der Waals surface area contributed by atoms with Gasteiger partial charge in [0.05, 0.1) is 5.92 Å². The van der Waals surface area contributed by atoms with E-state index >= 15 is 0 Å². The molecule has 6 nitrogen and oxygen atoms in total. The minimum Gasteiger partial charge on any atom is -0.483 e. The summed E-state index contributed by atoms with van der Waals surface area (Å²) in [7, 11) is 0. The number of carbonyl (C=O) groups excluding carboxylic acids is 3. The third-order valence-corrected chi connectivity index (χ3v) is 7.76. The van der Waals surface area contributed by atoms with Crippen LogP contribution in [0, 0.1) is 17.8 Å². The van der Waals surface area contributed by atoms with Gasteiger partial charge in [0, 0.05) is 53.1 Å². The number of anilines is 1. The van der Waals surface area contributed by atoms with Crippen LogP contribution in [0.4, 0.5) is 5.69 Å². The van der Waals surface area contributed by atoms with Crippen LogP contribution >= 0.6 is 11.6 Å². The normalized spacial score (nSPS) is 20.3. The van der Waals surface area contributed by atoms with E-state index in [0.717, 1.165) is 5.56 Å². The van der Waals surface area contributed by atoms with Gasteiger partial charge in [-0.2, -0.15) is 0 Å². The van der Waals surface area contributed by atoms with E-state index in [9.17, 15) is 14.4 Å². The van der Waals surface area contributed by atoms with Gasteiger partial charge in [-0.05, 0) is 53.6 Å². The number of nitrogens with one attached hydrogen (secondary N) is 1. The van der Waals surface area contributed by atoms with E-state index < -0.39 is 5.92 Å². The summed E-state index contributed by atoms with van der Waals surface area (Å²) in [6.07, 6.45) is 1.88. The van der Waals surface area contributed by atoms with E-state index in [0.29, 0.717) is 70.4 Å². The van der Waals surface area contributed by atoms with Crippen LogP contribution in [0.15, 0.2) is 65.1 Å². The standard InChI is InChI=1S/C32H34ClNO5/c1-18-7-6-8-20(11-18)34-27(37)17-38-24-10-9-19(33)12-21(24)28-29-22(35)13-31(2,3)15-25(29)39-26-16-32(4,5)14-23(36)30(26)28/h6-12,28H,13-17H2,1-5H3,(H,34,37). The van der Waals surface area contributed by atoms with Gasteiger partial charge in [0.25, 0.3) is 5.91 Å². The molecule has 1 aliphatic heterocycles. The number of carbonyl (C=O) groups is 3. The predicted octanol–water partition coefficient (Wildman–Crippen LogP) is 7.07. The number of rotatable bonds is 5. The van der Waals surface area contributed by atoms with Gasteiger partial charge >= 0.3 is 0 Å². The summed E-state index contributed by atoms with van der Waals surface area (Å²) in [6, 6.07) is 12.6. The largest absolute Gasteiger partial charge is 0.483 e. The number of amides is 1. The highest BCUT2D eigenvalue weighted by Gasteiger charge is 2.48. The molecule has 2 aromatic rings. The number of allylic oxidation sites excluding steroid dienone is 4. The molecular weight excluding hydrogens is 514 g/mol. The quantitative estimate of drug-likeness (QED) is 0.433. The third kappa shape index (κ3) is 5.67. The Bertz CT molecular complexity index is 1400. The summed E-state index contributed by atoms with van der Waals surface area (Å²) in [4.78, 5) is 40.0. The summed E-state index contributed by atoms with van der Waals surface area (Å²) in [6.45, 7) is 9.90. The molecule has 2 aromatic carbocycles. The number of ketones is 2. The van der Waals surface area contributed by atoms with Crippen LogP contribution in [0.3, 0.4) is 0 Å². The van der Waals surface area contributed by atoms with E-state index in [2.05, 4.69) is 5.32 Å². The molecule has 1 N–H and O–H groups in total. The first kappa shape index (κ1) is 27.2. The first-order chi connectivity index (χ1) is 18.3. The van der Waals surface area contributed by atoms with Gasteiger partial charge in [-0.15, -0.1) is 0 Å². The summed E-state index contributed by atoms with van der Waals surface area (Å²) in [5, 5.41) is 3.30. The van der Waals surface area contributed by atoms with Crippen molar-refractivity contribution in [1.29, 1.82) is 0 Å². The molecule has 0 bridgehead atoms. The Morgan fingerprint density at radius 3 is 2.15 bits per heavy atom. The van der Waals surface area contributed by atoms with Crippen LogP contribution in [0.5, 0.6) is 5.75 Å². The SMILES string of the molecule is Cc1cccc(NC(=O)COc2ccc(Cl)cc2C2C3=C(CC(C)(C)CC3=O)OC3=C2C(=O)CC(C)(C)C3)c1. The van der Waals surface area contributed by atoms with Crippen molar-refractivity contribution < 1.29 is 23.9 Å². The lowest BCUT2D eigenvalue weighted by Gasteiger charge is -2.43. The highest BCUT2D eigenvalue weighted by molar-refractivity contribution is 6.30. The summed E-state index contributed by atoms with van der Waals surface area (Å²) >= 11 is 6.47. The molecule has 0 saturated heterocycles. The molecule has 0 aromatic heterocycles. The molecular formula is C32H34ClNO5. The Morgan fingerprint density at radius 2 is 1.56 bits per heavy atom. The van der Waals surface area contributed by atoms with Crippen LogP contribution in [0.1, 0.15) is 70.4 Å². The van der Waals surface area contributed by atoms with Crippen molar-refractivity contribution in [3.63, 3.8) is 0 Å². The van der Waals surface area contributed by atoms with Crippen molar-refractivity contribution in [1.82, 2.24) is 0 Å². The predicted molar refractivity (Wildman–Crippen MR) is 151 cm³/mol. The first-order valence-electron chi connectivity index (χ1n) is 13.3. The fourth-order valence-corrected chi connectivity index (χ4v) is 6.11. The average Bonchev–Trinajstić information content (AvgIpc) is 2.80. The molecule has 3 aliphatic rings. The molecule has 0 saturated carbocycles. The number of hydrogen-bond donors (Lipinski definition) is 1. The van der Waals surface area contributed by atoms with Crippen LogP contribution in [0.25, 0.3) is 0 Å². The van der Waals surface area contributed by atoms with Gasteiger partial charge < -0.3 is 14.8 Å². The highest BCUT2D eigenvalue weighted by Crippen LogP contribution is 2.54. The van der Waals surface area contributed by atoms with Crippen molar-refractivity contribution in [3.8, 4) is 5.75 Å². The van der Waals surface area contributed by atoms with E-state index in [1.54, 1.807) is 18.2 Å². The topological polar surface area (TPSA) is 81.7 Å². The lowest BCUT2D eigenvalue weighted by atomic mass is 9.65. The molecule has 0 atom stereocenters. The number of benzene rings is 2. The Hall–Kier alpha value is -3.38. The molecule has 204 valence electrons. The molecule has 2 aliphatic carbocycles. The van der Waals surface area contributed by atoms with E-state index in [-0.39, 0.29) is 34.9 Å². The lowest BCUT2D eigenvalue weighted by Crippen LogP contribution is -2.37. The zero-order valence-corrected chi connectivity index (χ0v) is 23.8. The minimum absolute atomic E-state index is 0.0430. The third-order valence-electron chi connectivity index (χ3n) is 7.53. The Balaban J connectivity index is 1.54. The molecule has 0 radical (unpaired) electrons. The second-order valence-corrected chi connectivity index (χ2v) is 12.9. The van der Waals surface area contributed by atoms with Gasteiger partial charge in [-0.25, -0.2) is 0 Å². The molecule has 0 fully saturated rings. The number of hydrogen-bond acceptors (Lipinski definition) is 5. The van der Waals surface area contributed by atoms with E-state index in [1.807, 2.05) is 58.9 Å². The number of halogens is 1. The van der Waals surface area contributed by atoms with Crippen LogP contribution in [-0.2, 0) is 19.1 Å². The number of aryl methyl sites for hydroxylation is 1. The molecule has 0 spiro atoms. The number of ether oxygens (including phenoxy) is 2. The van der Waals surface area contributed by atoms with E-state index in [1.165, 1.54) is 0 Å². The second-order valence-electron chi connectivity index (χ2n) is 12.5. The maximum absolute atomic E-state index is 13.6. The van der Waals surface area contributed by atoms with Crippen LogP contribution in [-0.4, -0.2) is 24.1 Å². The first-order valence-corrected chi connectivity index (χ1v) is 13.7. The second kappa shape index (κ2) is 9.98. The van der Waals surface area contributed by atoms with Gasteiger partial charge in [0.2, 0.25) is 0 Å². The van der Waals surface area contributed by atoms with Crippen LogP contribution < -0.4 is 10.1 Å². The summed E-state index contributed by atoms with van der Waals surface area (Å²) in [5.74, 6) is 0.572. The lowest BCUT2D eigenvalue weighted by molar-refractivity contribution is -0.121. The number of Topliss-reactive ketones (excluding diaryl/α,β-unsaturated/α-hetero) is 2. The van der Waals surface area contributed by atoms with Gasteiger partial charge in [-0.1, -0.05) is 51.4 Å². The van der Waals surface area contributed by atoms with Crippen molar-refractivity contribution in [2.45, 2.75) is 66.2 Å². The molecule has 39 heavy (non-hydrogen) atoms. The average molecular weight is 548 g/mol. The Morgan fingerprint density at radius 1 is 0.949 bits per heavy atom. The monoisotopic (exact) mass is 547 g/mol. The fourth-order valence-electron chi connectivity index (χ4n) is 5.93. The maximum Gasteiger partial charge on any atom is 0.262 e. The smallest absolute Gasteiger partial charge is 0.262 e. The van der Waals surface area contributed by atoms with Gasteiger partial charge in [0.1, 0.15) is 17.3 Å². The summed E-state index contributed by atoms with van der Waals surface area (Å²) < 4.78 is 12.4. The Kier molecular flexibility index (Phi) is 6.96. The van der Waals surface area contributed by atoms with E-state index in [4.69, 9.17) is 21.1 Å². The maximum atomic E-state index is 13.6. The molecule has 5 rings (SSSR count). The van der Waals surface area contributed by atoms with Crippen molar-refractivity contribution in [3.05, 3.63) is 81.3 Å². The van der Waals surface area contributed by atoms with Gasteiger partial charge in [0.15, 0.2) is 18.2 Å². The zero-order valence-electron chi connectivity index (χ0n) is 23.1. The Labute approximate surface area is 234 Å². The zero-order chi connectivity index (χ0) is 28.1.